The number of aryl methyl sites for hydroxylation is 1. The first-order valence-corrected chi connectivity index (χ1v) is 7.22. The van der Waals surface area contributed by atoms with E-state index >= 15 is 0 Å². The van der Waals surface area contributed by atoms with Crippen LogP contribution in [0, 0.1) is 6.92 Å². The van der Waals surface area contributed by atoms with E-state index in [0.29, 0.717) is 24.5 Å². The molecule has 0 aliphatic carbocycles. The number of likely N-dealkylation sites (tertiary alicyclic amines) is 1. The Morgan fingerprint density at radius 2 is 2.00 bits per heavy atom. The third-order valence-electron chi connectivity index (χ3n) is 4.13. The van der Waals surface area contributed by atoms with Crippen molar-refractivity contribution in [3.05, 3.63) is 33.4 Å². The van der Waals surface area contributed by atoms with Gasteiger partial charge in [-0.25, -0.2) is 9.18 Å². The van der Waals surface area contributed by atoms with E-state index in [0.717, 1.165) is 12.8 Å². The molecule has 2 saturated heterocycles. The second-order valence-electron chi connectivity index (χ2n) is 5.69. The molecule has 2 aliphatic heterocycles. The average Bonchev–Trinajstić information content (AvgIpc) is 2.44. The summed E-state index contributed by atoms with van der Waals surface area (Å²) in [5.74, 6) is 0.339. The van der Waals surface area contributed by atoms with Crippen LogP contribution in [0.15, 0.2) is 15.3 Å². The fraction of sp³-hybridized carbons (Fsp3) is 0.600. The zero-order valence-electron chi connectivity index (χ0n) is 11.9. The fourth-order valence-electron chi connectivity index (χ4n) is 2.82. The molecule has 0 aromatic carbocycles. The lowest BCUT2D eigenvalue weighted by atomic mass is 9.95. The van der Waals surface area contributed by atoms with Gasteiger partial charge in [-0.15, -0.1) is 0 Å². The van der Waals surface area contributed by atoms with Crippen molar-refractivity contribution in [3.63, 3.8) is 0 Å². The standard InChI is InChI=1S/C15H18FNO4/c1-9-6-12(10-2-4-20-5-3-10)21-15(19)13(9)14(18)17-7-11(16)8-17/h6,10-11H,2-5,7-8H2,1H3. The van der Waals surface area contributed by atoms with Crippen molar-refractivity contribution in [1.29, 1.82) is 0 Å². The van der Waals surface area contributed by atoms with E-state index in [1.54, 1.807) is 13.0 Å². The lowest BCUT2D eigenvalue weighted by Gasteiger charge is -2.34. The first-order chi connectivity index (χ1) is 10.1. The molecule has 21 heavy (non-hydrogen) atoms. The first-order valence-electron chi connectivity index (χ1n) is 7.22. The highest BCUT2D eigenvalue weighted by Crippen LogP contribution is 2.27. The summed E-state index contributed by atoms with van der Waals surface area (Å²) in [6, 6.07) is 1.76. The SMILES string of the molecule is Cc1cc(C2CCOCC2)oc(=O)c1C(=O)N1CC(F)C1. The van der Waals surface area contributed by atoms with Gasteiger partial charge in [-0.3, -0.25) is 4.79 Å². The molecule has 0 radical (unpaired) electrons. The molecule has 114 valence electrons. The van der Waals surface area contributed by atoms with Gasteiger partial charge in [0.1, 0.15) is 17.5 Å². The molecular weight excluding hydrogens is 277 g/mol. The van der Waals surface area contributed by atoms with Crippen LogP contribution in [0.25, 0.3) is 0 Å². The van der Waals surface area contributed by atoms with Crippen LogP contribution < -0.4 is 5.63 Å². The van der Waals surface area contributed by atoms with E-state index in [1.807, 2.05) is 0 Å². The number of ether oxygens (including phenoxy) is 1. The van der Waals surface area contributed by atoms with Crippen molar-refractivity contribution in [2.24, 2.45) is 0 Å². The smallest absolute Gasteiger partial charge is 0.349 e. The normalized spacial score (nSPS) is 20.4. The Hall–Kier alpha value is -1.69. The molecule has 0 bridgehead atoms. The second-order valence-corrected chi connectivity index (χ2v) is 5.69. The van der Waals surface area contributed by atoms with Crippen LogP contribution in [0.3, 0.4) is 0 Å². The summed E-state index contributed by atoms with van der Waals surface area (Å²) in [7, 11) is 0. The van der Waals surface area contributed by atoms with Gasteiger partial charge in [0, 0.05) is 19.1 Å². The molecule has 0 saturated carbocycles. The van der Waals surface area contributed by atoms with Gasteiger partial charge in [-0.05, 0) is 31.4 Å². The lowest BCUT2D eigenvalue weighted by molar-refractivity contribution is 0.0394. The van der Waals surface area contributed by atoms with Crippen LogP contribution in [0.2, 0.25) is 0 Å². The maximum absolute atomic E-state index is 12.8. The van der Waals surface area contributed by atoms with Crippen LogP contribution in [0.4, 0.5) is 4.39 Å². The Morgan fingerprint density at radius 3 is 2.57 bits per heavy atom. The zero-order valence-corrected chi connectivity index (χ0v) is 11.9. The minimum absolute atomic E-state index is 0.0257. The van der Waals surface area contributed by atoms with E-state index in [2.05, 4.69) is 0 Å². The Morgan fingerprint density at radius 1 is 1.33 bits per heavy atom. The minimum atomic E-state index is -0.984. The summed E-state index contributed by atoms with van der Waals surface area (Å²) in [5, 5.41) is 0. The number of carbonyl (C=O) groups excluding carboxylic acids is 1. The number of amides is 1. The Kier molecular flexibility index (Phi) is 3.80. The van der Waals surface area contributed by atoms with Crippen molar-refractivity contribution >= 4 is 5.91 Å². The van der Waals surface area contributed by atoms with Gasteiger partial charge < -0.3 is 14.1 Å². The van der Waals surface area contributed by atoms with Crippen LogP contribution >= 0.6 is 0 Å². The maximum atomic E-state index is 12.8. The van der Waals surface area contributed by atoms with Gasteiger partial charge in [-0.1, -0.05) is 0 Å². The summed E-state index contributed by atoms with van der Waals surface area (Å²) in [5.41, 5.74) is 0.00144. The summed E-state index contributed by atoms with van der Waals surface area (Å²) in [4.78, 5) is 25.6. The molecule has 1 aromatic rings. The molecule has 0 spiro atoms. The number of alkyl halides is 1. The molecule has 3 heterocycles. The summed E-state index contributed by atoms with van der Waals surface area (Å²) in [6.45, 7) is 3.14. The van der Waals surface area contributed by atoms with Crippen LogP contribution in [-0.2, 0) is 4.74 Å². The highest BCUT2D eigenvalue weighted by atomic mass is 19.1. The van der Waals surface area contributed by atoms with Gasteiger partial charge in [-0.2, -0.15) is 0 Å². The van der Waals surface area contributed by atoms with E-state index in [1.165, 1.54) is 4.90 Å². The predicted molar refractivity (Wildman–Crippen MR) is 73.3 cm³/mol. The highest BCUT2D eigenvalue weighted by molar-refractivity contribution is 5.95. The second kappa shape index (κ2) is 5.60. The molecule has 0 N–H and O–H groups in total. The van der Waals surface area contributed by atoms with E-state index < -0.39 is 17.7 Å². The minimum Gasteiger partial charge on any atom is -0.427 e. The third kappa shape index (κ3) is 2.72. The molecule has 0 atom stereocenters. The van der Waals surface area contributed by atoms with Crippen molar-refractivity contribution in [2.45, 2.75) is 31.9 Å². The molecule has 0 unspecified atom stereocenters. The number of carbonyl (C=O) groups is 1. The summed E-state index contributed by atoms with van der Waals surface area (Å²) < 4.78 is 23.5. The number of halogens is 1. The zero-order chi connectivity index (χ0) is 15.0. The van der Waals surface area contributed by atoms with E-state index in [9.17, 15) is 14.0 Å². The van der Waals surface area contributed by atoms with Gasteiger partial charge in [0.05, 0.1) is 13.1 Å². The van der Waals surface area contributed by atoms with E-state index in [-0.39, 0.29) is 24.6 Å². The largest absolute Gasteiger partial charge is 0.427 e. The Labute approximate surface area is 121 Å². The Balaban J connectivity index is 1.86. The monoisotopic (exact) mass is 295 g/mol. The van der Waals surface area contributed by atoms with Crippen LogP contribution in [0.1, 0.15) is 40.4 Å². The number of nitrogens with zero attached hydrogens (tertiary/aromatic N) is 1. The Bertz CT molecular complexity index is 600. The average molecular weight is 295 g/mol. The van der Waals surface area contributed by atoms with E-state index in [4.69, 9.17) is 9.15 Å². The molecule has 1 amide bonds. The maximum Gasteiger partial charge on any atom is 0.349 e. The highest BCUT2D eigenvalue weighted by Gasteiger charge is 2.33. The van der Waals surface area contributed by atoms with Crippen molar-refractivity contribution in [3.8, 4) is 0 Å². The topological polar surface area (TPSA) is 59.8 Å². The van der Waals surface area contributed by atoms with Gasteiger partial charge in [0.15, 0.2) is 0 Å². The van der Waals surface area contributed by atoms with Crippen molar-refractivity contribution < 1.29 is 18.3 Å². The quantitative estimate of drug-likeness (QED) is 0.832. The fourth-order valence-corrected chi connectivity index (χ4v) is 2.82. The number of hydrogen-bond acceptors (Lipinski definition) is 4. The molecule has 2 aliphatic rings. The third-order valence-corrected chi connectivity index (χ3v) is 4.13. The van der Waals surface area contributed by atoms with Gasteiger partial charge >= 0.3 is 5.63 Å². The molecule has 1 aromatic heterocycles. The summed E-state index contributed by atoms with van der Waals surface area (Å²) >= 11 is 0. The van der Waals surface area contributed by atoms with Crippen molar-refractivity contribution in [2.75, 3.05) is 26.3 Å². The molecule has 5 nitrogen and oxygen atoms in total. The molecule has 2 fully saturated rings. The number of rotatable bonds is 2. The number of hydrogen-bond donors (Lipinski definition) is 0. The van der Waals surface area contributed by atoms with Crippen LogP contribution in [-0.4, -0.2) is 43.3 Å². The molecule has 6 heteroatoms. The van der Waals surface area contributed by atoms with Crippen LogP contribution in [0.5, 0.6) is 0 Å². The molecule has 3 rings (SSSR count). The summed E-state index contributed by atoms with van der Waals surface area (Å²) in [6.07, 6.45) is 0.638. The van der Waals surface area contributed by atoms with Gasteiger partial charge in [0.25, 0.3) is 5.91 Å². The lowest BCUT2D eigenvalue weighted by Crippen LogP contribution is -2.52. The van der Waals surface area contributed by atoms with Crippen molar-refractivity contribution in [1.82, 2.24) is 4.90 Å². The predicted octanol–water partition coefficient (Wildman–Crippen LogP) is 1.64. The first kappa shape index (κ1) is 14.3. The van der Waals surface area contributed by atoms with Gasteiger partial charge in [0.2, 0.25) is 0 Å². The molecular formula is C15H18FNO4.